The van der Waals surface area contributed by atoms with E-state index in [0.717, 1.165) is 55.7 Å². The largest absolute Gasteiger partial charge is 0.437 e. The van der Waals surface area contributed by atoms with Gasteiger partial charge in [0, 0.05) is 44.6 Å². The van der Waals surface area contributed by atoms with E-state index >= 15 is 0 Å². The van der Waals surface area contributed by atoms with E-state index < -0.39 is 5.41 Å². The summed E-state index contributed by atoms with van der Waals surface area (Å²) in [6, 6.07) is 18.3. The summed E-state index contributed by atoms with van der Waals surface area (Å²) in [5.74, 6) is 1.62. The highest BCUT2D eigenvalue weighted by molar-refractivity contribution is 5.83. The van der Waals surface area contributed by atoms with Gasteiger partial charge < -0.3 is 14.4 Å². The number of hydrogen-bond donors (Lipinski definition) is 0. The van der Waals surface area contributed by atoms with Gasteiger partial charge in [0.15, 0.2) is 0 Å². The lowest BCUT2D eigenvalue weighted by Crippen LogP contribution is -2.51. The molecule has 2 fully saturated rings. The molecular formula is C29H33N3O3. The molecule has 0 unspecified atom stereocenters. The van der Waals surface area contributed by atoms with Crippen molar-refractivity contribution in [3.8, 4) is 11.6 Å². The van der Waals surface area contributed by atoms with E-state index in [4.69, 9.17) is 9.47 Å². The van der Waals surface area contributed by atoms with Crippen LogP contribution in [0.1, 0.15) is 48.4 Å². The number of benzene rings is 2. The number of ether oxygens (including phenoxy) is 2. The summed E-state index contributed by atoms with van der Waals surface area (Å²) in [6.07, 6.45) is 7.55. The summed E-state index contributed by atoms with van der Waals surface area (Å²) in [5.41, 5.74) is 2.75. The van der Waals surface area contributed by atoms with Crippen LogP contribution in [0.4, 0.5) is 0 Å². The molecule has 0 spiro atoms. The van der Waals surface area contributed by atoms with Crippen molar-refractivity contribution in [2.24, 2.45) is 5.41 Å². The van der Waals surface area contributed by atoms with Crippen LogP contribution in [-0.4, -0.2) is 47.1 Å². The number of rotatable bonds is 6. The molecule has 5 rings (SSSR count). The molecule has 6 nitrogen and oxygen atoms in total. The van der Waals surface area contributed by atoms with Gasteiger partial charge in [-0.15, -0.1) is 0 Å². The molecule has 0 N–H and O–H groups in total. The van der Waals surface area contributed by atoms with E-state index in [2.05, 4.69) is 27.0 Å². The van der Waals surface area contributed by atoms with Gasteiger partial charge in [0.1, 0.15) is 11.4 Å². The van der Waals surface area contributed by atoms with Crippen molar-refractivity contribution in [3.63, 3.8) is 0 Å². The second-order valence-corrected chi connectivity index (χ2v) is 9.81. The molecule has 3 aromatic rings. The van der Waals surface area contributed by atoms with Gasteiger partial charge in [-0.1, -0.05) is 42.5 Å². The molecule has 1 atom stereocenters. The molecular weight excluding hydrogens is 438 g/mol. The van der Waals surface area contributed by atoms with Crippen LogP contribution < -0.4 is 4.74 Å². The molecule has 0 radical (unpaired) electrons. The summed E-state index contributed by atoms with van der Waals surface area (Å²) >= 11 is 0. The average Bonchev–Trinajstić information content (AvgIpc) is 2.90. The molecule has 1 amide bonds. The normalized spacial score (nSPS) is 19.8. The van der Waals surface area contributed by atoms with Crippen LogP contribution in [0.25, 0.3) is 0 Å². The summed E-state index contributed by atoms with van der Waals surface area (Å²) in [7, 11) is 0. The van der Waals surface area contributed by atoms with E-state index in [1.54, 1.807) is 12.4 Å². The topological polar surface area (TPSA) is 64.6 Å². The zero-order valence-corrected chi connectivity index (χ0v) is 20.4. The Morgan fingerprint density at radius 3 is 2.69 bits per heavy atom. The van der Waals surface area contributed by atoms with Crippen molar-refractivity contribution in [2.45, 2.75) is 44.9 Å². The van der Waals surface area contributed by atoms with Crippen molar-refractivity contribution < 1.29 is 14.3 Å². The summed E-state index contributed by atoms with van der Waals surface area (Å²) in [5, 5.41) is 0. The van der Waals surface area contributed by atoms with E-state index in [1.165, 1.54) is 5.56 Å². The highest BCUT2D eigenvalue weighted by Crippen LogP contribution is 2.39. The molecule has 2 saturated heterocycles. The first-order valence-corrected chi connectivity index (χ1v) is 12.6. The molecule has 35 heavy (non-hydrogen) atoms. The highest BCUT2D eigenvalue weighted by atomic mass is 16.5. The fourth-order valence-corrected chi connectivity index (χ4v) is 5.42. The van der Waals surface area contributed by atoms with Gasteiger partial charge in [-0.05, 0) is 62.3 Å². The van der Waals surface area contributed by atoms with Crippen molar-refractivity contribution >= 4 is 5.91 Å². The molecule has 0 bridgehead atoms. The molecule has 6 heteroatoms. The third-order valence-electron chi connectivity index (χ3n) is 7.28. The highest BCUT2D eigenvalue weighted by Gasteiger charge is 2.44. The number of carbonyl (C=O) groups excluding carboxylic acids is 1. The fraction of sp³-hybridized carbons (Fsp3) is 0.414. The Bertz CT molecular complexity index is 1140. The number of aryl methyl sites for hydroxylation is 1. The minimum absolute atomic E-state index is 0.0924. The molecule has 0 aliphatic carbocycles. The average molecular weight is 472 g/mol. The molecule has 0 saturated carbocycles. The van der Waals surface area contributed by atoms with E-state index in [1.807, 2.05) is 49.4 Å². The number of aromatic nitrogens is 2. The zero-order chi connectivity index (χ0) is 24.1. The van der Waals surface area contributed by atoms with Gasteiger partial charge in [0.05, 0.1) is 5.41 Å². The molecule has 2 aliphatic rings. The first kappa shape index (κ1) is 23.5. The second-order valence-electron chi connectivity index (χ2n) is 9.81. The predicted octanol–water partition coefficient (Wildman–Crippen LogP) is 5.32. The first-order valence-electron chi connectivity index (χ1n) is 12.6. The second kappa shape index (κ2) is 10.6. The lowest BCUT2D eigenvalue weighted by atomic mass is 9.73. The van der Waals surface area contributed by atoms with Crippen molar-refractivity contribution in [1.82, 2.24) is 14.9 Å². The Kier molecular flexibility index (Phi) is 7.09. The van der Waals surface area contributed by atoms with E-state index in [-0.39, 0.29) is 11.8 Å². The van der Waals surface area contributed by atoms with Gasteiger partial charge >= 0.3 is 0 Å². The molecule has 3 heterocycles. The van der Waals surface area contributed by atoms with Crippen molar-refractivity contribution in [1.29, 1.82) is 0 Å². The van der Waals surface area contributed by atoms with E-state index in [9.17, 15) is 4.79 Å². The first-order chi connectivity index (χ1) is 17.1. The maximum absolute atomic E-state index is 14.1. The maximum Gasteiger partial charge on any atom is 0.241 e. The Morgan fingerprint density at radius 1 is 1.09 bits per heavy atom. The summed E-state index contributed by atoms with van der Waals surface area (Å²) in [4.78, 5) is 25.3. The van der Waals surface area contributed by atoms with Crippen LogP contribution in [0.3, 0.4) is 0 Å². The number of hydrogen-bond acceptors (Lipinski definition) is 5. The Hall–Kier alpha value is -3.25. The van der Waals surface area contributed by atoms with E-state index in [0.29, 0.717) is 25.6 Å². The van der Waals surface area contributed by atoms with Gasteiger partial charge in [0.25, 0.3) is 0 Å². The van der Waals surface area contributed by atoms with Crippen molar-refractivity contribution in [2.75, 3.05) is 26.3 Å². The van der Waals surface area contributed by atoms with Gasteiger partial charge in [-0.2, -0.15) is 0 Å². The number of likely N-dealkylation sites (tertiary alicyclic amines) is 1. The smallest absolute Gasteiger partial charge is 0.241 e. The Morgan fingerprint density at radius 2 is 1.89 bits per heavy atom. The molecule has 182 valence electrons. The standard InChI is InChI=1S/C29H33N3O3/c1-22-7-5-11-25(19-22)35-27-26(30-14-15-31-27)24-10-6-16-32(21-24)28(33)29(12-17-34-18-13-29)20-23-8-3-2-4-9-23/h2-5,7-9,11,14-15,19,24H,6,10,12-13,16-18,20-21H2,1H3/t24-/m0/s1. The van der Waals surface area contributed by atoms with Gasteiger partial charge in [0.2, 0.25) is 11.8 Å². The number of nitrogens with zero attached hydrogens (tertiary/aromatic N) is 3. The van der Waals surface area contributed by atoms with Crippen molar-refractivity contribution in [3.05, 3.63) is 83.8 Å². The van der Waals surface area contributed by atoms with Gasteiger partial charge in [-0.3, -0.25) is 9.78 Å². The molecule has 2 aromatic carbocycles. The zero-order valence-electron chi connectivity index (χ0n) is 20.4. The summed E-state index contributed by atoms with van der Waals surface area (Å²) < 4.78 is 11.8. The number of piperidine rings is 1. The Balaban J connectivity index is 1.36. The van der Waals surface area contributed by atoms with Crippen LogP contribution in [0, 0.1) is 12.3 Å². The monoisotopic (exact) mass is 471 g/mol. The van der Waals surface area contributed by atoms with Crippen LogP contribution in [0.15, 0.2) is 67.0 Å². The maximum atomic E-state index is 14.1. The van der Waals surface area contributed by atoms with Crippen LogP contribution in [0.5, 0.6) is 11.6 Å². The summed E-state index contributed by atoms with van der Waals surface area (Å²) in [6.45, 7) is 4.72. The quantitative estimate of drug-likeness (QED) is 0.487. The minimum atomic E-state index is -0.412. The fourth-order valence-electron chi connectivity index (χ4n) is 5.42. The third kappa shape index (κ3) is 5.38. The van der Waals surface area contributed by atoms with Gasteiger partial charge in [-0.25, -0.2) is 4.98 Å². The lowest BCUT2D eigenvalue weighted by Gasteiger charge is -2.42. The number of carbonyl (C=O) groups is 1. The van der Waals surface area contributed by atoms with Crippen LogP contribution in [0.2, 0.25) is 0 Å². The molecule has 1 aromatic heterocycles. The third-order valence-corrected chi connectivity index (χ3v) is 7.28. The predicted molar refractivity (Wildman–Crippen MR) is 134 cm³/mol. The number of amides is 1. The van der Waals surface area contributed by atoms with Crippen LogP contribution in [-0.2, 0) is 16.0 Å². The lowest BCUT2D eigenvalue weighted by molar-refractivity contribution is -0.149. The SMILES string of the molecule is Cc1cccc(Oc2nccnc2[C@H]2CCCN(C(=O)C3(Cc4ccccc4)CCOCC3)C2)c1. The molecule has 2 aliphatic heterocycles. The van der Waals surface area contributed by atoms with Crippen LogP contribution >= 0.6 is 0 Å². The Labute approximate surface area is 207 Å². The minimum Gasteiger partial charge on any atom is -0.437 e.